The highest BCUT2D eigenvalue weighted by Crippen LogP contribution is 2.36. The molecule has 0 spiro atoms. The zero-order chi connectivity index (χ0) is 13.8. The van der Waals surface area contributed by atoms with Crippen LogP contribution in [-0.4, -0.2) is 10.1 Å². The lowest BCUT2D eigenvalue weighted by molar-refractivity contribution is 0.156. The fraction of sp³-hybridized carbons (Fsp3) is 0.308. The molecule has 1 heterocycles. The van der Waals surface area contributed by atoms with Crippen molar-refractivity contribution >= 4 is 16.6 Å². The molecule has 0 aliphatic heterocycles. The van der Waals surface area contributed by atoms with E-state index >= 15 is 0 Å². The van der Waals surface area contributed by atoms with Crippen LogP contribution in [0.4, 0.5) is 5.69 Å². The summed E-state index contributed by atoms with van der Waals surface area (Å²) in [6.45, 7) is 0. The van der Waals surface area contributed by atoms with Crippen molar-refractivity contribution in [3.05, 3.63) is 35.5 Å². The van der Waals surface area contributed by atoms with Crippen LogP contribution in [0.25, 0.3) is 10.9 Å². The number of rotatable bonds is 0. The van der Waals surface area contributed by atoms with Crippen LogP contribution in [0.15, 0.2) is 24.3 Å². The minimum Gasteiger partial charge on any atom is -0.398 e. The number of anilines is 1. The molecule has 3 heteroatoms. The summed E-state index contributed by atoms with van der Waals surface area (Å²) in [5, 5.41) is 10.9. The van der Waals surface area contributed by atoms with E-state index in [1.165, 1.54) is 0 Å². The normalized spacial score (nSPS) is 30.2. The molecule has 1 aliphatic carbocycles. The first-order chi connectivity index (χ1) is 8.84. The summed E-state index contributed by atoms with van der Waals surface area (Å²) in [5.41, 5.74) is 7.64. The third kappa shape index (κ3) is 1.28. The maximum absolute atomic E-state index is 10.3. The van der Waals surface area contributed by atoms with Crippen LogP contribution < -0.4 is 5.73 Å². The minimum absolute atomic E-state index is 0.0603. The Morgan fingerprint density at radius 3 is 3.19 bits per heavy atom. The second-order valence-electron chi connectivity index (χ2n) is 3.89. The maximum atomic E-state index is 10.3. The highest BCUT2D eigenvalue weighted by Gasteiger charge is 2.23. The molecule has 0 bridgehead atoms. The van der Waals surface area contributed by atoms with Gasteiger partial charge in [0.25, 0.3) is 0 Å². The van der Waals surface area contributed by atoms with Gasteiger partial charge in [-0.25, -0.2) is 0 Å². The van der Waals surface area contributed by atoms with Crippen LogP contribution >= 0.6 is 0 Å². The molecule has 0 fully saturated rings. The number of aliphatic hydroxyl groups is 1. The number of benzene rings is 1. The van der Waals surface area contributed by atoms with Crippen LogP contribution in [0.2, 0.25) is 0 Å². The van der Waals surface area contributed by atoms with Crippen molar-refractivity contribution in [2.75, 3.05) is 5.73 Å². The molecule has 3 N–H and O–H groups in total. The van der Waals surface area contributed by atoms with E-state index in [0.717, 1.165) is 0 Å². The molecule has 0 radical (unpaired) electrons. The van der Waals surface area contributed by atoms with E-state index < -0.39 is 12.5 Å². The molecule has 1 aromatic heterocycles. The van der Waals surface area contributed by atoms with E-state index in [2.05, 4.69) is 4.98 Å². The van der Waals surface area contributed by atoms with E-state index in [9.17, 15) is 5.11 Å². The van der Waals surface area contributed by atoms with Crippen LogP contribution in [0, 0.1) is 0 Å². The fourth-order valence-electron chi connectivity index (χ4n) is 2.12. The first kappa shape index (κ1) is 6.86. The lowest BCUT2D eigenvalue weighted by Crippen LogP contribution is -2.14. The second kappa shape index (κ2) is 3.46. The quantitative estimate of drug-likeness (QED) is 0.711. The smallest absolute Gasteiger partial charge is 0.0828 e. The number of para-hydroxylation sites is 1. The summed E-state index contributed by atoms with van der Waals surface area (Å²) in [7, 11) is 0. The lowest BCUT2D eigenvalue weighted by atomic mass is 9.90. The fourth-order valence-corrected chi connectivity index (χ4v) is 2.12. The van der Waals surface area contributed by atoms with Crippen LogP contribution in [0.3, 0.4) is 0 Å². The molecule has 3 nitrogen and oxygen atoms in total. The molecule has 1 atom stereocenters. The molecule has 16 heavy (non-hydrogen) atoms. The van der Waals surface area contributed by atoms with Gasteiger partial charge in [0.1, 0.15) is 0 Å². The van der Waals surface area contributed by atoms with Crippen molar-refractivity contribution in [3.8, 4) is 0 Å². The van der Waals surface area contributed by atoms with Gasteiger partial charge >= 0.3 is 0 Å². The van der Waals surface area contributed by atoms with Crippen LogP contribution in [0.5, 0.6) is 0 Å². The predicted octanol–water partition coefficient (Wildman–Crippen LogP) is 2.19. The Balaban J connectivity index is 2.38. The first-order valence-electron chi connectivity index (χ1n) is 6.74. The standard InChI is InChI=1S/C13H14N2O/c14-13-8-4-1-2-5-9(8)15-10-6-3-7-11(16)12(10)13/h1-2,4-5,11,16H,3,6-7H2,(H2,14,15)/i7D2,11D. The van der Waals surface area contributed by atoms with Gasteiger partial charge in [-0.1, -0.05) is 18.2 Å². The number of nitrogens with two attached hydrogens (primary N) is 1. The number of nitrogens with zero attached hydrogens (tertiary/aromatic N) is 1. The van der Waals surface area contributed by atoms with Crippen molar-refractivity contribution in [3.63, 3.8) is 0 Å². The molecule has 1 aliphatic rings. The largest absolute Gasteiger partial charge is 0.398 e. The van der Waals surface area contributed by atoms with E-state index in [1.54, 1.807) is 12.1 Å². The zero-order valence-electron chi connectivity index (χ0n) is 11.7. The predicted molar refractivity (Wildman–Crippen MR) is 64.1 cm³/mol. The van der Waals surface area contributed by atoms with E-state index in [4.69, 9.17) is 9.85 Å². The Bertz CT molecular complexity index is 670. The summed E-state index contributed by atoms with van der Waals surface area (Å²) < 4.78 is 23.6. The number of pyridine rings is 1. The molecular weight excluding hydrogens is 200 g/mol. The van der Waals surface area contributed by atoms with Gasteiger partial charge in [0.15, 0.2) is 0 Å². The van der Waals surface area contributed by atoms with Crippen molar-refractivity contribution in [1.29, 1.82) is 0 Å². The van der Waals surface area contributed by atoms with Crippen LogP contribution in [0.1, 0.15) is 34.2 Å². The molecule has 0 saturated carbocycles. The van der Waals surface area contributed by atoms with Crippen molar-refractivity contribution in [1.82, 2.24) is 4.98 Å². The van der Waals surface area contributed by atoms with Gasteiger partial charge in [-0.15, -0.1) is 0 Å². The Morgan fingerprint density at radius 1 is 1.50 bits per heavy atom. The molecule has 0 amide bonds. The average Bonchev–Trinajstić information content (AvgIpc) is 2.34. The number of nitrogen functional groups attached to an aromatic ring is 1. The highest BCUT2D eigenvalue weighted by molar-refractivity contribution is 5.92. The van der Waals surface area contributed by atoms with Gasteiger partial charge in [-0.2, -0.15) is 0 Å². The monoisotopic (exact) mass is 217 g/mol. The molecular formula is C13H14N2O. The zero-order valence-corrected chi connectivity index (χ0v) is 8.70. The molecule has 1 aromatic carbocycles. The van der Waals surface area contributed by atoms with E-state index in [1.807, 2.05) is 12.1 Å². The van der Waals surface area contributed by atoms with Gasteiger partial charge in [-0.05, 0) is 25.3 Å². The molecule has 0 saturated heterocycles. The molecule has 2 aromatic rings. The van der Waals surface area contributed by atoms with Crippen molar-refractivity contribution in [2.24, 2.45) is 0 Å². The summed E-state index contributed by atoms with van der Waals surface area (Å²) in [6, 6.07) is 7.22. The Labute approximate surface area is 98.1 Å². The second-order valence-corrected chi connectivity index (χ2v) is 3.89. The van der Waals surface area contributed by atoms with E-state index in [-0.39, 0.29) is 17.7 Å². The van der Waals surface area contributed by atoms with Gasteiger partial charge in [0, 0.05) is 25.1 Å². The Hall–Kier alpha value is -1.61. The summed E-state index contributed by atoms with van der Waals surface area (Å²) >= 11 is 0. The summed E-state index contributed by atoms with van der Waals surface area (Å²) in [5.74, 6) is 0. The highest BCUT2D eigenvalue weighted by atomic mass is 16.3. The number of fused-ring (bicyclic) bond motifs is 2. The van der Waals surface area contributed by atoms with Gasteiger partial charge in [0.05, 0.1) is 13.0 Å². The molecule has 82 valence electrons. The van der Waals surface area contributed by atoms with Crippen molar-refractivity contribution in [2.45, 2.75) is 25.3 Å². The average molecular weight is 217 g/mol. The third-order valence-electron chi connectivity index (χ3n) is 2.90. The SMILES string of the molecule is [2H]C1([2H])CCc2nc3ccccc3c(N)c2C1([2H])O. The lowest BCUT2D eigenvalue weighted by Gasteiger charge is -2.23. The Kier molecular flexibility index (Phi) is 1.48. The summed E-state index contributed by atoms with van der Waals surface area (Å²) in [4.78, 5) is 4.41. The van der Waals surface area contributed by atoms with Crippen molar-refractivity contribution < 1.29 is 9.22 Å². The van der Waals surface area contributed by atoms with Gasteiger partial charge in [0.2, 0.25) is 0 Å². The first-order valence-corrected chi connectivity index (χ1v) is 5.24. The number of aryl methyl sites for hydroxylation is 1. The van der Waals surface area contributed by atoms with Crippen LogP contribution in [-0.2, 0) is 6.42 Å². The van der Waals surface area contributed by atoms with Gasteiger partial charge in [-0.3, -0.25) is 4.98 Å². The minimum atomic E-state index is -2.36. The number of hydrogen-bond donors (Lipinski definition) is 2. The van der Waals surface area contributed by atoms with Gasteiger partial charge < -0.3 is 10.8 Å². The molecule has 1 unspecified atom stereocenters. The maximum Gasteiger partial charge on any atom is 0.0828 e. The topological polar surface area (TPSA) is 59.1 Å². The Morgan fingerprint density at radius 2 is 2.31 bits per heavy atom. The number of aromatic nitrogens is 1. The van der Waals surface area contributed by atoms with E-state index in [0.29, 0.717) is 23.0 Å². The number of hydrogen-bond acceptors (Lipinski definition) is 3. The molecule has 3 rings (SSSR count). The summed E-state index contributed by atoms with van der Waals surface area (Å²) in [6.07, 6.45) is -3.96. The third-order valence-corrected chi connectivity index (χ3v) is 2.90.